The maximum absolute atomic E-state index is 13.3. The van der Waals surface area contributed by atoms with Crippen LogP contribution in [0.5, 0.6) is 0 Å². The summed E-state index contributed by atoms with van der Waals surface area (Å²) in [5.41, 5.74) is 1.54. The van der Waals surface area contributed by atoms with Crippen molar-refractivity contribution in [1.29, 1.82) is 0 Å². The van der Waals surface area contributed by atoms with Gasteiger partial charge in [-0.15, -0.1) is 11.3 Å². The summed E-state index contributed by atoms with van der Waals surface area (Å²) in [6.07, 6.45) is 0.285. The number of hydrogen-bond acceptors (Lipinski definition) is 5. The van der Waals surface area contributed by atoms with E-state index in [2.05, 4.69) is 10.3 Å². The van der Waals surface area contributed by atoms with Crippen LogP contribution in [0.15, 0.2) is 35.2 Å². The van der Waals surface area contributed by atoms with Crippen LogP contribution in [0.1, 0.15) is 20.8 Å². The Morgan fingerprint density at radius 3 is 2.64 bits per heavy atom. The Morgan fingerprint density at radius 1 is 1.28 bits per heavy atom. The summed E-state index contributed by atoms with van der Waals surface area (Å²) < 4.78 is 31.2. The molecule has 0 saturated carbocycles. The van der Waals surface area contributed by atoms with Gasteiger partial charge in [-0.2, -0.15) is 0 Å². The fourth-order valence-electron chi connectivity index (χ4n) is 1.82. The topological polar surface area (TPSA) is 68.3 Å². The summed E-state index contributed by atoms with van der Waals surface area (Å²) in [5, 5.41) is 4.38. The summed E-state index contributed by atoms with van der Waals surface area (Å²) in [4.78, 5) is 27.7. The SMILES string of the molecule is CC(C)=CC(=O)O[C@@H](C)C(=O)Nc1nc(-c2ccc(F)c(F)c2)cs1. The van der Waals surface area contributed by atoms with Gasteiger partial charge >= 0.3 is 5.97 Å². The summed E-state index contributed by atoms with van der Waals surface area (Å²) in [6, 6.07) is 3.43. The van der Waals surface area contributed by atoms with Crippen molar-refractivity contribution in [2.24, 2.45) is 0 Å². The Hall–Kier alpha value is -2.61. The third kappa shape index (κ3) is 5.18. The summed E-state index contributed by atoms with van der Waals surface area (Å²) in [5.74, 6) is -3.07. The van der Waals surface area contributed by atoms with Gasteiger partial charge < -0.3 is 4.74 Å². The van der Waals surface area contributed by atoms with Gasteiger partial charge in [0.05, 0.1) is 5.69 Å². The zero-order valence-electron chi connectivity index (χ0n) is 13.8. The number of thiazole rings is 1. The van der Waals surface area contributed by atoms with Crippen LogP contribution < -0.4 is 5.32 Å². The number of halogens is 2. The second-order valence-corrected chi connectivity index (χ2v) is 6.31. The van der Waals surface area contributed by atoms with Crippen molar-refractivity contribution in [2.45, 2.75) is 26.9 Å². The lowest BCUT2D eigenvalue weighted by atomic mass is 10.2. The lowest BCUT2D eigenvalue weighted by molar-refractivity contribution is -0.148. The summed E-state index contributed by atoms with van der Waals surface area (Å²) in [7, 11) is 0. The van der Waals surface area contributed by atoms with Crippen molar-refractivity contribution < 1.29 is 23.1 Å². The molecule has 0 saturated heterocycles. The van der Waals surface area contributed by atoms with Gasteiger partial charge in [-0.1, -0.05) is 5.57 Å². The minimum atomic E-state index is -1.00. The first-order valence-electron chi connectivity index (χ1n) is 7.33. The van der Waals surface area contributed by atoms with E-state index in [1.807, 2.05) is 0 Å². The van der Waals surface area contributed by atoms with Crippen LogP contribution in [0.4, 0.5) is 13.9 Å². The van der Waals surface area contributed by atoms with Gasteiger partial charge in [0, 0.05) is 17.0 Å². The highest BCUT2D eigenvalue weighted by Crippen LogP contribution is 2.26. The molecular weight excluding hydrogens is 350 g/mol. The minimum Gasteiger partial charge on any atom is -0.449 e. The molecule has 132 valence electrons. The highest BCUT2D eigenvalue weighted by molar-refractivity contribution is 7.14. The first-order valence-corrected chi connectivity index (χ1v) is 8.21. The monoisotopic (exact) mass is 366 g/mol. The van der Waals surface area contributed by atoms with Crippen LogP contribution in [0.2, 0.25) is 0 Å². The maximum atomic E-state index is 13.3. The lowest BCUT2D eigenvalue weighted by Crippen LogP contribution is -2.29. The number of amides is 1. The molecule has 2 aromatic rings. The van der Waals surface area contributed by atoms with Crippen molar-refractivity contribution in [1.82, 2.24) is 4.98 Å². The molecule has 8 heteroatoms. The predicted molar refractivity (Wildman–Crippen MR) is 91.1 cm³/mol. The third-order valence-corrected chi connectivity index (χ3v) is 3.78. The van der Waals surface area contributed by atoms with Crippen LogP contribution in [0.25, 0.3) is 11.3 Å². The van der Waals surface area contributed by atoms with E-state index >= 15 is 0 Å². The molecule has 1 N–H and O–H groups in total. The van der Waals surface area contributed by atoms with Crippen LogP contribution in [-0.4, -0.2) is 23.0 Å². The van der Waals surface area contributed by atoms with E-state index in [0.717, 1.165) is 29.0 Å². The van der Waals surface area contributed by atoms with Gasteiger partial charge in [-0.25, -0.2) is 18.6 Å². The Bertz CT molecular complexity index is 829. The molecule has 0 spiro atoms. The quantitative estimate of drug-likeness (QED) is 0.643. The van der Waals surface area contributed by atoms with Gasteiger partial charge in [-0.3, -0.25) is 10.1 Å². The van der Waals surface area contributed by atoms with E-state index in [1.54, 1.807) is 19.2 Å². The van der Waals surface area contributed by atoms with E-state index < -0.39 is 29.6 Å². The number of ether oxygens (including phenoxy) is 1. The van der Waals surface area contributed by atoms with Crippen molar-refractivity contribution >= 4 is 28.3 Å². The maximum Gasteiger partial charge on any atom is 0.331 e. The fraction of sp³-hybridized carbons (Fsp3) is 0.235. The number of anilines is 1. The van der Waals surface area contributed by atoms with Crippen LogP contribution in [-0.2, 0) is 14.3 Å². The molecule has 1 amide bonds. The number of hydrogen-bond donors (Lipinski definition) is 1. The van der Waals surface area contributed by atoms with Crippen LogP contribution in [0, 0.1) is 11.6 Å². The lowest BCUT2D eigenvalue weighted by Gasteiger charge is -2.10. The molecule has 2 rings (SSSR count). The number of nitrogens with zero attached hydrogens (tertiary/aromatic N) is 1. The number of aromatic nitrogens is 1. The van der Waals surface area contributed by atoms with Gasteiger partial charge in [0.2, 0.25) is 0 Å². The number of rotatable bonds is 5. The highest BCUT2D eigenvalue weighted by atomic mass is 32.1. The molecule has 1 heterocycles. The Balaban J connectivity index is 2.02. The molecule has 1 atom stereocenters. The smallest absolute Gasteiger partial charge is 0.331 e. The molecule has 0 radical (unpaired) electrons. The van der Waals surface area contributed by atoms with Crippen molar-refractivity contribution in [3.8, 4) is 11.3 Å². The molecule has 0 aliphatic carbocycles. The first-order chi connectivity index (χ1) is 11.8. The number of benzene rings is 1. The average molecular weight is 366 g/mol. The summed E-state index contributed by atoms with van der Waals surface area (Å²) >= 11 is 1.12. The molecule has 0 fully saturated rings. The Kier molecular flexibility index (Phi) is 5.97. The Morgan fingerprint density at radius 2 is 2.00 bits per heavy atom. The van der Waals surface area contributed by atoms with E-state index in [-0.39, 0.29) is 5.13 Å². The number of carbonyl (C=O) groups excluding carboxylic acids is 2. The van der Waals surface area contributed by atoms with Crippen molar-refractivity contribution in [3.63, 3.8) is 0 Å². The number of esters is 1. The predicted octanol–water partition coefficient (Wildman–Crippen LogP) is 3.92. The van der Waals surface area contributed by atoms with Gasteiger partial charge in [-0.05, 0) is 39.0 Å². The largest absolute Gasteiger partial charge is 0.449 e. The molecule has 0 bridgehead atoms. The molecular formula is C17H16F2N2O3S. The second kappa shape index (κ2) is 7.98. The number of carbonyl (C=O) groups is 2. The van der Waals surface area contributed by atoms with Crippen molar-refractivity contribution in [3.05, 3.63) is 46.9 Å². The first kappa shape index (κ1) is 18.7. The summed E-state index contributed by atoms with van der Waals surface area (Å²) in [6.45, 7) is 4.92. The molecule has 1 aromatic heterocycles. The average Bonchev–Trinajstić information content (AvgIpc) is 2.97. The fourth-order valence-corrected chi connectivity index (χ4v) is 2.55. The second-order valence-electron chi connectivity index (χ2n) is 5.46. The van der Waals surface area contributed by atoms with Gasteiger partial charge in [0.25, 0.3) is 5.91 Å². The number of allylic oxidation sites excluding steroid dienone is 1. The highest BCUT2D eigenvalue weighted by Gasteiger charge is 2.18. The van der Waals surface area contributed by atoms with E-state index in [1.165, 1.54) is 19.1 Å². The molecule has 0 unspecified atom stereocenters. The molecule has 0 aliphatic rings. The third-order valence-electron chi connectivity index (χ3n) is 3.02. The molecule has 5 nitrogen and oxygen atoms in total. The van der Waals surface area contributed by atoms with Gasteiger partial charge in [0.1, 0.15) is 0 Å². The Labute approximate surface area is 147 Å². The minimum absolute atomic E-state index is 0.259. The van der Waals surface area contributed by atoms with Crippen LogP contribution >= 0.6 is 11.3 Å². The molecule has 0 aliphatic heterocycles. The zero-order chi connectivity index (χ0) is 18.6. The normalized spacial score (nSPS) is 11.6. The molecule has 1 aromatic carbocycles. The van der Waals surface area contributed by atoms with E-state index in [4.69, 9.17) is 4.74 Å². The van der Waals surface area contributed by atoms with Gasteiger partial charge in [0.15, 0.2) is 22.9 Å². The van der Waals surface area contributed by atoms with Crippen molar-refractivity contribution in [2.75, 3.05) is 5.32 Å². The molecule has 25 heavy (non-hydrogen) atoms. The van der Waals surface area contributed by atoms with Crippen LogP contribution in [0.3, 0.4) is 0 Å². The standard InChI is InChI=1S/C17H16F2N2O3S/c1-9(2)6-15(22)24-10(3)16(23)21-17-20-14(8-25-17)11-4-5-12(18)13(19)7-11/h4-8,10H,1-3H3,(H,20,21,23)/t10-/m0/s1. The number of nitrogens with one attached hydrogen (secondary N) is 1. The zero-order valence-corrected chi connectivity index (χ0v) is 14.6. The van der Waals surface area contributed by atoms with E-state index in [0.29, 0.717) is 11.3 Å². The van der Waals surface area contributed by atoms with E-state index in [9.17, 15) is 18.4 Å².